The van der Waals surface area contributed by atoms with E-state index in [0.717, 1.165) is 41.9 Å². The number of aromatic nitrogens is 4. The van der Waals surface area contributed by atoms with Gasteiger partial charge in [0.15, 0.2) is 0 Å². The maximum Gasteiger partial charge on any atom is 0.306 e. The Morgan fingerprint density at radius 2 is 2.24 bits per heavy atom. The predicted octanol–water partition coefficient (Wildman–Crippen LogP) is 2.60. The quantitative estimate of drug-likeness (QED) is 0.794. The fourth-order valence-electron chi connectivity index (χ4n) is 4.59. The molecule has 1 N–H and O–H groups in total. The number of amides is 1. The Kier molecular flexibility index (Phi) is 3.01. The summed E-state index contributed by atoms with van der Waals surface area (Å²) in [5, 5.41) is 3.54. The number of carbonyl (C=O) groups excluding carboxylic acids is 1. The SMILES string of the molecule is CNC(=O)c1nc(C23CCC(CC2)C3)c(-n2ccc3cncnc32)o1. The average molecular weight is 337 g/mol. The van der Waals surface area contributed by atoms with Gasteiger partial charge in [0, 0.05) is 30.2 Å². The number of rotatable bonds is 3. The molecule has 2 aliphatic carbocycles. The molecule has 3 aromatic rings. The van der Waals surface area contributed by atoms with Crippen LogP contribution in [0.4, 0.5) is 0 Å². The van der Waals surface area contributed by atoms with Crippen LogP contribution in [0.25, 0.3) is 16.9 Å². The van der Waals surface area contributed by atoms with Crippen LogP contribution >= 0.6 is 0 Å². The van der Waals surface area contributed by atoms with Crippen LogP contribution in [0.5, 0.6) is 0 Å². The molecule has 0 aliphatic heterocycles. The van der Waals surface area contributed by atoms with Crippen molar-refractivity contribution < 1.29 is 9.21 Å². The van der Waals surface area contributed by atoms with Gasteiger partial charge in [0.05, 0.1) is 0 Å². The third kappa shape index (κ3) is 2.04. The van der Waals surface area contributed by atoms with Crippen molar-refractivity contribution in [1.82, 2.24) is 24.8 Å². The average Bonchev–Trinajstić information content (AvgIpc) is 3.41. The summed E-state index contributed by atoms with van der Waals surface area (Å²) < 4.78 is 7.85. The van der Waals surface area contributed by atoms with Crippen LogP contribution in [0, 0.1) is 5.92 Å². The van der Waals surface area contributed by atoms with Crippen molar-refractivity contribution in [2.75, 3.05) is 7.05 Å². The van der Waals surface area contributed by atoms with Gasteiger partial charge in [-0.05, 0) is 44.1 Å². The molecule has 2 fully saturated rings. The van der Waals surface area contributed by atoms with Gasteiger partial charge in [-0.25, -0.2) is 15.0 Å². The zero-order valence-electron chi connectivity index (χ0n) is 14.0. The molecule has 7 heteroatoms. The lowest BCUT2D eigenvalue weighted by Crippen LogP contribution is -2.23. The molecule has 0 radical (unpaired) electrons. The first-order valence-corrected chi connectivity index (χ1v) is 8.71. The van der Waals surface area contributed by atoms with Crippen molar-refractivity contribution in [3.05, 3.63) is 36.4 Å². The van der Waals surface area contributed by atoms with Gasteiger partial charge in [0.2, 0.25) is 5.88 Å². The highest BCUT2D eigenvalue weighted by Gasteiger charge is 2.49. The maximum atomic E-state index is 12.1. The van der Waals surface area contributed by atoms with E-state index in [1.54, 1.807) is 13.2 Å². The van der Waals surface area contributed by atoms with Crippen LogP contribution in [0.2, 0.25) is 0 Å². The monoisotopic (exact) mass is 337 g/mol. The Labute approximate surface area is 144 Å². The smallest absolute Gasteiger partial charge is 0.306 e. The molecule has 0 spiro atoms. The molecule has 0 saturated heterocycles. The van der Waals surface area contributed by atoms with Gasteiger partial charge >= 0.3 is 5.91 Å². The van der Waals surface area contributed by atoms with Gasteiger partial charge in [-0.2, -0.15) is 0 Å². The molecule has 25 heavy (non-hydrogen) atoms. The summed E-state index contributed by atoms with van der Waals surface area (Å²) in [7, 11) is 1.59. The van der Waals surface area contributed by atoms with Crippen molar-refractivity contribution in [3.8, 4) is 5.88 Å². The largest absolute Gasteiger partial charge is 0.415 e. The third-order valence-electron chi connectivity index (χ3n) is 5.84. The van der Waals surface area contributed by atoms with Crippen molar-refractivity contribution in [2.24, 2.45) is 5.92 Å². The summed E-state index contributed by atoms with van der Waals surface area (Å²) in [5.41, 5.74) is 1.70. The third-order valence-corrected chi connectivity index (χ3v) is 5.84. The highest BCUT2D eigenvalue weighted by molar-refractivity contribution is 5.89. The van der Waals surface area contributed by atoms with E-state index >= 15 is 0 Å². The molecular weight excluding hydrogens is 318 g/mol. The normalized spacial score (nSPS) is 24.9. The van der Waals surface area contributed by atoms with Gasteiger partial charge in [-0.15, -0.1) is 0 Å². The highest BCUT2D eigenvalue weighted by atomic mass is 16.4. The lowest BCUT2D eigenvalue weighted by molar-refractivity contribution is 0.0928. The van der Waals surface area contributed by atoms with E-state index in [2.05, 4.69) is 20.3 Å². The van der Waals surface area contributed by atoms with Crippen molar-refractivity contribution in [1.29, 1.82) is 0 Å². The van der Waals surface area contributed by atoms with Crippen LogP contribution in [0.3, 0.4) is 0 Å². The second-order valence-electron chi connectivity index (χ2n) is 7.17. The van der Waals surface area contributed by atoms with Crippen molar-refractivity contribution in [3.63, 3.8) is 0 Å². The summed E-state index contributed by atoms with van der Waals surface area (Å²) in [6.07, 6.45) is 11.0. The van der Waals surface area contributed by atoms with Crippen molar-refractivity contribution >= 4 is 16.9 Å². The number of oxazole rings is 1. The lowest BCUT2D eigenvalue weighted by atomic mass is 9.81. The summed E-state index contributed by atoms with van der Waals surface area (Å²) in [4.78, 5) is 25.2. The number of nitrogens with one attached hydrogen (secondary N) is 1. The van der Waals surface area contributed by atoms with Gasteiger partial charge in [0.25, 0.3) is 5.89 Å². The fourth-order valence-corrected chi connectivity index (χ4v) is 4.59. The van der Waals surface area contributed by atoms with Crippen LogP contribution in [-0.2, 0) is 5.41 Å². The molecule has 7 nitrogen and oxygen atoms in total. The van der Waals surface area contributed by atoms with Gasteiger partial charge in [0.1, 0.15) is 17.7 Å². The molecule has 3 heterocycles. The summed E-state index contributed by atoms with van der Waals surface area (Å²) >= 11 is 0. The second kappa shape index (κ2) is 5.15. The maximum absolute atomic E-state index is 12.1. The van der Waals surface area contributed by atoms with E-state index < -0.39 is 0 Å². The van der Waals surface area contributed by atoms with E-state index in [9.17, 15) is 4.79 Å². The molecule has 2 bridgehead atoms. The van der Waals surface area contributed by atoms with E-state index in [0.29, 0.717) is 5.88 Å². The fraction of sp³-hybridized carbons (Fsp3) is 0.444. The molecule has 128 valence electrons. The summed E-state index contributed by atoms with van der Waals surface area (Å²) in [6, 6.07) is 1.95. The number of carbonyl (C=O) groups is 1. The summed E-state index contributed by atoms with van der Waals surface area (Å²) in [5.74, 6) is 1.21. The minimum atomic E-state index is -0.303. The Hall–Kier alpha value is -2.70. The Bertz CT molecular complexity index is 965. The minimum Gasteiger partial charge on any atom is -0.415 e. The first kappa shape index (κ1) is 14.6. The van der Waals surface area contributed by atoms with E-state index in [4.69, 9.17) is 4.42 Å². The van der Waals surface area contributed by atoms with Crippen LogP contribution < -0.4 is 5.32 Å². The molecule has 1 amide bonds. The van der Waals surface area contributed by atoms with Crippen LogP contribution in [0.1, 0.15) is 48.5 Å². The molecule has 3 aromatic heterocycles. The van der Waals surface area contributed by atoms with E-state index in [1.807, 2.05) is 16.8 Å². The molecular formula is C18H19N5O2. The molecule has 0 unspecified atom stereocenters. The summed E-state index contributed by atoms with van der Waals surface area (Å²) in [6.45, 7) is 0. The Morgan fingerprint density at radius 3 is 2.96 bits per heavy atom. The molecule has 2 saturated carbocycles. The number of nitrogens with zero attached hydrogens (tertiary/aromatic N) is 4. The van der Waals surface area contributed by atoms with E-state index in [1.165, 1.54) is 19.2 Å². The second-order valence-corrected chi connectivity index (χ2v) is 7.17. The topological polar surface area (TPSA) is 85.8 Å². The van der Waals surface area contributed by atoms with Crippen molar-refractivity contribution in [2.45, 2.75) is 37.5 Å². The number of hydrogen-bond acceptors (Lipinski definition) is 5. The lowest BCUT2D eigenvalue weighted by Gasteiger charge is -2.24. The Balaban J connectivity index is 1.73. The van der Waals surface area contributed by atoms with Gasteiger partial charge in [-0.1, -0.05) is 0 Å². The van der Waals surface area contributed by atoms with Gasteiger partial charge in [-0.3, -0.25) is 9.36 Å². The molecule has 5 rings (SSSR count). The number of fused-ring (bicyclic) bond motifs is 3. The zero-order chi connectivity index (χ0) is 17.0. The molecule has 2 aliphatic rings. The van der Waals surface area contributed by atoms with Crippen LogP contribution in [-0.4, -0.2) is 32.5 Å². The standard InChI is InChI=1S/C18H19N5O2/c1-19-15(24)16-22-13(18-5-2-11(8-18)3-6-18)17(25-16)23-7-4-12-9-20-10-21-14(12)23/h4,7,9-11H,2-3,5-6,8H2,1H3,(H,19,24). The van der Waals surface area contributed by atoms with E-state index in [-0.39, 0.29) is 17.2 Å². The van der Waals surface area contributed by atoms with Crippen LogP contribution in [0.15, 0.2) is 29.2 Å². The minimum absolute atomic E-state index is 0.0272. The molecule has 0 atom stereocenters. The highest BCUT2D eigenvalue weighted by Crippen LogP contribution is 2.56. The zero-order valence-corrected chi connectivity index (χ0v) is 14.0. The first-order valence-electron chi connectivity index (χ1n) is 8.71. The first-order chi connectivity index (χ1) is 12.2. The predicted molar refractivity (Wildman–Crippen MR) is 90.6 cm³/mol. The Morgan fingerprint density at radius 1 is 1.40 bits per heavy atom. The van der Waals surface area contributed by atoms with Gasteiger partial charge < -0.3 is 9.73 Å². The number of hydrogen-bond donors (Lipinski definition) is 1. The molecule has 0 aromatic carbocycles.